The van der Waals surface area contributed by atoms with Gasteiger partial charge in [-0.15, -0.1) is 11.3 Å². The Hall–Kier alpha value is -2.12. The molecule has 0 radical (unpaired) electrons. The van der Waals surface area contributed by atoms with Gasteiger partial charge >= 0.3 is 0 Å². The molecule has 2 heterocycles. The molecule has 1 amide bonds. The van der Waals surface area contributed by atoms with Crippen LogP contribution in [0, 0.1) is 13.8 Å². The molecule has 3 rings (SSSR count). The second-order valence-corrected chi connectivity index (χ2v) is 9.45. The van der Waals surface area contributed by atoms with Crippen LogP contribution < -0.4 is 5.56 Å². The zero-order valence-electron chi connectivity index (χ0n) is 17.6. The second-order valence-electron chi connectivity index (χ2n) is 7.31. The number of aryl methyl sites for hydroxylation is 2. The van der Waals surface area contributed by atoms with Crippen molar-refractivity contribution in [1.82, 2.24) is 14.5 Å². The van der Waals surface area contributed by atoms with Crippen LogP contribution in [0.3, 0.4) is 0 Å². The molecular formula is C22H27N3O2S2. The van der Waals surface area contributed by atoms with Crippen LogP contribution in [0.1, 0.15) is 42.8 Å². The maximum absolute atomic E-state index is 13.1. The molecule has 0 aliphatic carbocycles. The van der Waals surface area contributed by atoms with Crippen molar-refractivity contribution in [3.05, 3.63) is 56.7 Å². The highest BCUT2D eigenvalue weighted by atomic mass is 32.2. The van der Waals surface area contributed by atoms with E-state index in [0.29, 0.717) is 23.6 Å². The van der Waals surface area contributed by atoms with E-state index in [1.807, 2.05) is 69.9 Å². The van der Waals surface area contributed by atoms with Crippen LogP contribution in [-0.4, -0.2) is 32.7 Å². The van der Waals surface area contributed by atoms with Gasteiger partial charge < -0.3 is 4.90 Å². The van der Waals surface area contributed by atoms with E-state index in [0.717, 1.165) is 20.8 Å². The zero-order chi connectivity index (χ0) is 21.1. The number of rotatable bonds is 7. The standard InChI is InChI=1S/C22H27N3O2S2/c1-6-24(12-17-10-8-7-9-11-17)18(26)13-28-22-23-20-19(15(4)16(5)29-20)21(27)25(22)14(2)3/h7-11,14H,6,12-13H2,1-5H3. The molecule has 0 N–H and O–H groups in total. The van der Waals surface area contributed by atoms with E-state index in [4.69, 9.17) is 4.98 Å². The Morgan fingerprint density at radius 2 is 1.93 bits per heavy atom. The van der Waals surface area contributed by atoms with E-state index in [1.54, 1.807) is 15.9 Å². The maximum Gasteiger partial charge on any atom is 0.263 e. The Morgan fingerprint density at radius 3 is 2.55 bits per heavy atom. The van der Waals surface area contributed by atoms with Gasteiger partial charge in [0, 0.05) is 24.0 Å². The summed E-state index contributed by atoms with van der Waals surface area (Å²) in [5.41, 5.74) is 2.10. The third-order valence-electron chi connectivity index (χ3n) is 4.99. The molecule has 0 atom stereocenters. The van der Waals surface area contributed by atoms with Gasteiger partial charge in [0.1, 0.15) is 4.83 Å². The van der Waals surface area contributed by atoms with Gasteiger partial charge in [-0.3, -0.25) is 14.2 Å². The highest BCUT2D eigenvalue weighted by molar-refractivity contribution is 7.99. The topological polar surface area (TPSA) is 55.2 Å². The summed E-state index contributed by atoms with van der Waals surface area (Å²) < 4.78 is 1.72. The van der Waals surface area contributed by atoms with Crippen molar-refractivity contribution in [1.29, 1.82) is 0 Å². The summed E-state index contributed by atoms with van der Waals surface area (Å²) in [6.45, 7) is 11.1. The average molecular weight is 430 g/mol. The summed E-state index contributed by atoms with van der Waals surface area (Å²) in [7, 11) is 0. The number of hydrogen-bond donors (Lipinski definition) is 0. The molecule has 1 aromatic carbocycles. The number of hydrogen-bond acceptors (Lipinski definition) is 5. The molecule has 0 aliphatic rings. The number of amides is 1. The smallest absolute Gasteiger partial charge is 0.263 e. The van der Waals surface area contributed by atoms with E-state index in [-0.39, 0.29) is 23.3 Å². The fourth-order valence-corrected chi connectivity index (χ4v) is 5.34. The Bertz CT molecular complexity index is 1070. The van der Waals surface area contributed by atoms with Crippen molar-refractivity contribution in [2.75, 3.05) is 12.3 Å². The van der Waals surface area contributed by atoms with Crippen LogP contribution in [-0.2, 0) is 11.3 Å². The minimum atomic E-state index is -0.0248. The molecule has 154 valence electrons. The van der Waals surface area contributed by atoms with Gasteiger partial charge in [0.05, 0.1) is 11.1 Å². The van der Waals surface area contributed by atoms with Crippen LogP contribution in [0.4, 0.5) is 0 Å². The Labute approximate surface area is 179 Å². The van der Waals surface area contributed by atoms with E-state index in [9.17, 15) is 9.59 Å². The molecule has 3 aromatic rings. The third-order valence-corrected chi connectivity index (χ3v) is 7.03. The number of thiophene rings is 1. The number of carbonyl (C=O) groups is 1. The molecule has 0 bridgehead atoms. The van der Waals surface area contributed by atoms with Gasteiger partial charge in [0.2, 0.25) is 5.91 Å². The summed E-state index contributed by atoms with van der Waals surface area (Å²) in [6.07, 6.45) is 0. The summed E-state index contributed by atoms with van der Waals surface area (Å²) in [6, 6.07) is 9.95. The van der Waals surface area contributed by atoms with Gasteiger partial charge in [0.15, 0.2) is 5.16 Å². The molecule has 0 spiro atoms. The lowest BCUT2D eigenvalue weighted by molar-refractivity contribution is -0.128. The number of benzene rings is 1. The van der Waals surface area contributed by atoms with Crippen LogP contribution in [0.5, 0.6) is 0 Å². The fraction of sp³-hybridized carbons (Fsp3) is 0.409. The molecule has 5 nitrogen and oxygen atoms in total. The van der Waals surface area contributed by atoms with Crippen molar-refractivity contribution in [2.45, 2.75) is 52.4 Å². The first-order valence-corrected chi connectivity index (χ1v) is 11.6. The Kier molecular flexibility index (Phi) is 6.80. The number of aromatic nitrogens is 2. The third kappa shape index (κ3) is 4.56. The number of thioether (sulfide) groups is 1. The van der Waals surface area contributed by atoms with Gasteiger partial charge in [-0.25, -0.2) is 4.98 Å². The molecule has 0 fully saturated rings. The van der Waals surface area contributed by atoms with E-state index in [2.05, 4.69) is 0 Å². The minimum absolute atomic E-state index is 0.0153. The SMILES string of the molecule is CCN(Cc1ccccc1)C(=O)CSc1nc2sc(C)c(C)c2c(=O)n1C(C)C. The van der Waals surface area contributed by atoms with Gasteiger partial charge in [-0.05, 0) is 45.7 Å². The molecule has 2 aromatic heterocycles. The molecule has 29 heavy (non-hydrogen) atoms. The number of carbonyl (C=O) groups excluding carboxylic acids is 1. The molecular weight excluding hydrogens is 402 g/mol. The predicted octanol–water partition coefficient (Wildman–Crippen LogP) is 4.80. The van der Waals surface area contributed by atoms with Crippen molar-refractivity contribution in [2.24, 2.45) is 0 Å². The van der Waals surface area contributed by atoms with Gasteiger partial charge in [0.25, 0.3) is 5.56 Å². The van der Waals surface area contributed by atoms with E-state index >= 15 is 0 Å². The normalized spacial score (nSPS) is 11.4. The molecule has 0 saturated heterocycles. The Balaban J connectivity index is 1.84. The quantitative estimate of drug-likeness (QED) is 0.400. The van der Waals surface area contributed by atoms with Crippen LogP contribution >= 0.6 is 23.1 Å². The molecule has 7 heteroatoms. The average Bonchev–Trinajstić information content (AvgIpc) is 2.98. The van der Waals surface area contributed by atoms with Gasteiger partial charge in [-0.2, -0.15) is 0 Å². The minimum Gasteiger partial charge on any atom is -0.338 e. The van der Waals surface area contributed by atoms with E-state index < -0.39 is 0 Å². The molecule has 0 saturated carbocycles. The molecule has 0 aliphatic heterocycles. The fourth-order valence-electron chi connectivity index (χ4n) is 3.24. The summed E-state index contributed by atoms with van der Waals surface area (Å²) in [5.74, 6) is 0.304. The first-order chi connectivity index (χ1) is 13.8. The lowest BCUT2D eigenvalue weighted by Gasteiger charge is -2.21. The van der Waals surface area contributed by atoms with Crippen LogP contribution in [0.2, 0.25) is 0 Å². The first kappa shape index (κ1) is 21.6. The number of fused-ring (bicyclic) bond motifs is 1. The summed E-state index contributed by atoms with van der Waals surface area (Å²) in [4.78, 5) is 34.4. The van der Waals surface area contributed by atoms with Crippen molar-refractivity contribution < 1.29 is 4.79 Å². The van der Waals surface area contributed by atoms with Gasteiger partial charge in [-0.1, -0.05) is 42.1 Å². The van der Waals surface area contributed by atoms with E-state index in [1.165, 1.54) is 11.8 Å². The maximum atomic E-state index is 13.1. The van der Waals surface area contributed by atoms with Crippen LogP contribution in [0.25, 0.3) is 10.2 Å². The highest BCUT2D eigenvalue weighted by Gasteiger charge is 2.20. The monoisotopic (exact) mass is 429 g/mol. The largest absolute Gasteiger partial charge is 0.338 e. The highest BCUT2D eigenvalue weighted by Crippen LogP contribution is 2.29. The lowest BCUT2D eigenvalue weighted by atomic mass is 10.2. The lowest BCUT2D eigenvalue weighted by Crippen LogP contribution is -2.32. The second kappa shape index (κ2) is 9.13. The first-order valence-electron chi connectivity index (χ1n) is 9.80. The number of nitrogens with zero attached hydrogens (tertiary/aromatic N) is 3. The summed E-state index contributed by atoms with van der Waals surface area (Å²) >= 11 is 2.89. The Morgan fingerprint density at radius 1 is 1.24 bits per heavy atom. The van der Waals surface area contributed by atoms with Crippen molar-refractivity contribution in [3.63, 3.8) is 0 Å². The predicted molar refractivity (Wildman–Crippen MR) is 122 cm³/mol. The van der Waals surface area contributed by atoms with Crippen molar-refractivity contribution >= 4 is 39.2 Å². The molecule has 0 unspecified atom stereocenters. The summed E-state index contributed by atoms with van der Waals surface area (Å²) in [5, 5.41) is 1.32. The zero-order valence-corrected chi connectivity index (χ0v) is 19.2. The van der Waals surface area contributed by atoms with Crippen LogP contribution in [0.15, 0.2) is 40.3 Å². The van der Waals surface area contributed by atoms with Crippen molar-refractivity contribution in [3.8, 4) is 0 Å².